The van der Waals surface area contributed by atoms with Crippen LogP contribution in [-0.2, 0) is 0 Å². The Kier molecular flexibility index (Phi) is 4.26. The summed E-state index contributed by atoms with van der Waals surface area (Å²) in [5, 5.41) is 12.8. The van der Waals surface area contributed by atoms with Crippen molar-refractivity contribution in [3.05, 3.63) is 0 Å². The van der Waals surface area contributed by atoms with Crippen molar-refractivity contribution >= 4 is 0 Å². The molecule has 94 valence electrons. The fraction of sp³-hybridized carbons (Fsp3) is 1.00. The largest absolute Gasteiger partial charge is 0.396 e. The number of nitrogens with one attached hydrogen (secondary N) is 1. The summed E-state index contributed by atoms with van der Waals surface area (Å²) in [6.07, 6.45) is 10.6. The molecule has 0 radical (unpaired) electrons. The highest BCUT2D eigenvalue weighted by Gasteiger charge is 2.41. The Labute approximate surface area is 99.8 Å². The maximum atomic E-state index is 9.02. The molecule has 0 amide bonds. The van der Waals surface area contributed by atoms with Gasteiger partial charge in [0.25, 0.3) is 0 Å². The molecule has 2 heteroatoms. The summed E-state index contributed by atoms with van der Waals surface area (Å²) in [4.78, 5) is 0. The molecule has 0 saturated heterocycles. The van der Waals surface area contributed by atoms with E-state index in [4.69, 9.17) is 5.11 Å². The lowest BCUT2D eigenvalue weighted by Gasteiger charge is -2.30. The highest BCUT2D eigenvalue weighted by molar-refractivity contribution is 4.95. The van der Waals surface area contributed by atoms with Gasteiger partial charge in [0, 0.05) is 19.2 Å². The first-order valence-electron chi connectivity index (χ1n) is 7.12. The van der Waals surface area contributed by atoms with Crippen LogP contribution < -0.4 is 5.32 Å². The van der Waals surface area contributed by atoms with Gasteiger partial charge in [-0.3, -0.25) is 0 Å². The Morgan fingerprint density at radius 2 is 1.88 bits per heavy atom. The van der Waals surface area contributed by atoms with Gasteiger partial charge in [0.1, 0.15) is 0 Å². The molecule has 2 nitrogen and oxygen atoms in total. The van der Waals surface area contributed by atoms with Gasteiger partial charge in [-0.1, -0.05) is 13.3 Å². The first-order valence-corrected chi connectivity index (χ1v) is 7.12. The van der Waals surface area contributed by atoms with E-state index in [1.807, 2.05) is 0 Å². The van der Waals surface area contributed by atoms with Gasteiger partial charge in [0.2, 0.25) is 0 Å². The van der Waals surface area contributed by atoms with Gasteiger partial charge >= 0.3 is 0 Å². The van der Waals surface area contributed by atoms with Gasteiger partial charge < -0.3 is 10.4 Å². The summed E-state index contributed by atoms with van der Waals surface area (Å²) in [6.45, 7) is 3.83. The molecular formula is C14H27NO. The molecular weight excluding hydrogens is 198 g/mol. The summed E-state index contributed by atoms with van der Waals surface area (Å²) in [7, 11) is 0. The van der Waals surface area contributed by atoms with E-state index in [0.29, 0.717) is 12.0 Å². The fourth-order valence-corrected chi connectivity index (χ4v) is 3.06. The Bertz CT molecular complexity index is 205. The molecule has 0 aromatic carbocycles. The average Bonchev–Trinajstić information content (AvgIpc) is 3.08. The fourth-order valence-electron chi connectivity index (χ4n) is 3.06. The zero-order chi connectivity index (χ0) is 11.4. The molecule has 0 spiro atoms. The molecule has 2 N–H and O–H groups in total. The molecule has 2 fully saturated rings. The van der Waals surface area contributed by atoms with E-state index in [1.54, 1.807) is 0 Å². The third-order valence-corrected chi connectivity index (χ3v) is 4.79. The van der Waals surface area contributed by atoms with E-state index < -0.39 is 0 Å². The molecule has 2 aliphatic carbocycles. The van der Waals surface area contributed by atoms with E-state index in [-0.39, 0.29) is 0 Å². The van der Waals surface area contributed by atoms with Crippen LogP contribution in [0.4, 0.5) is 0 Å². The number of rotatable bonds is 6. The quantitative estimate of drug-likeness (QED) is 0.728. The number of hydrogen-bond acceptors (Lipinski definition) is 2. The van der Waals surface area contributed by atoms with Gasteiger partial charge in [0.05, 0.1) is 0 Å². The minimum Gasteiger partial charge on any atom is -0.396 e. The van der Waals surface area contributed by atoms with Crippen molar-refractivity contribution in [1.82, 2.24) is 5.32 Å². The van der Waals surface area contributed by atoms with Gasteiger partial charge in [0.15, 0.2) is 0 Å². The molecule has 16 heavy (non-hydrogen) atoms. The second kappa shape index (κ2) is 5.50. The predicted octanol–water partition coefficient (Wildman–Crippen LogP) is 2.71. The van der Waals surface area contributed by atoms with Crippen LogP contribution in [-0.4, -0.2) is 24.3 Å². The van der Waals surface area contributed by atoms with Crippen molar-refractivity contribution in [2.45, 2.75) is 64.3 Å². The Morgan fingerprint density at radius 3 is 2.38 bits per heavy atom. The second-order valence-corrected chi connectivity index (χ2v) is 5.98. The van der Waals surface area contributed by atoms with Crippen molar-refractivity contribution < 1.29 is 5.11 Å². The van der Waals surface area contributed by atoms with Crippen LogP contribution in [0.2, 0.25) is 0 Å². The summed E-state index contributed by atoms with van der Waals surface area (Å²) in [5.41, 5.74) is 0.482. The maximum Gasteiger partial charge on any atom is 0.0436 e. The van der Waals surface area contributed by atoms with Gasteiger partial charge in [-0.15, -0.1) is 0 Å². The van der Waals surface area contributed by atoms with E-state index >= 15 is 0 Å². The lowest BCUT2D eigenvalue weighted by Crippen LogP contribution is -2.37. The van der Waals surface area contributed by atoms with Crippen molar-refractivity contribution in [3.8, 4) is 0 Å². The van der Waals surface area contributed by atoms with Crippen LogP contribution in [0.15, 0.2) is 0 Å². The van der Waals surface area contributed by atoms with Crippen molar-refractivity contribution in [2.24, 2.45) is 11.3 Å². The molecule has 0 atom stereocenters. The second-order valence-electron chi connectivity index (χ2n) is 5.98. The van der Waals surface area contributed by atoms with Crippen molar-refractivity contribution in [1.29, 1.82) is 0 Å². The number of aliphatic hydroxyl groups is 1. The van der Waals surface area contributed by atoms with Crippen molar-refractivity contribution in [3.63, 3.8) is 0 Å². The van der Waals surface area contributed by atoms with Gasteiger partial charge in [-0.05, 0) is 56.3 Å². The maximum absolute atomic E-state index is 9.02. The summed E-state index contributed by atoms with van der Waals surface area (Å²) >= 11 is 0. The highest BCUT2D eigenvalue weighted by Crippen LogP contribution is 2.48. The van der Waals surface area contributed by atoms with Crippen LogP contribution in [0.1, 0.15) is 58.3 Å². The van der Waals surface area contributed by atoms with Crippen LogP contribution in [0.3, 0.4) is 0 Å². The van der Waals surface area contributed by atoms with Crippen LogP contribution >= 0.6 is 0 Å². The third kappa shape index (κ3) is 3.21. The number of hydrogen-bond donors (Lipinski definition) is 2. The number of aliphatic hydroxyl groups excluding tert-OH is 1. The van der Waals surface area contributed by atoms with Gasteiger partial charge in [-0.25, -0.2) is 0 Å². The monoisotopic (exact) mass is 225 g/mol. The molecule has 0 bridgehead atoms. The lowest BCUT2D eigenvalue weighted by atomic mass is 9.84. The third-order valence-electron chi connectivity index (χ3n) is 4.79. The van der Waals surface area contributed by atoms with Crippen LogP contribution in [0, 0.1) is 11.3 Å². The minimum absolute atomic E-state index is 0.365. The molecule has 0 heterocycles. The Morgan fingerprint density at radius 1 is 1.19 bits per heavy atom. The van der Waals surface area contributed by atoms with Crippen LogP contribution in [0.5, 0.6) is 0 Å². The van der Waals surface area contributed by atoms with Gasteiger partial charge in [-0.2, -0.15) is 0 Å². The van der Waals surface area contributed by atoms with E-state index in [2.05, 4.69) is 12.2 Å². The Balaban J connectivity index is 1.64. The summed E-state index contributed by atoms with van der Waals surface area (Å²) < 4.78 is 0. The predicted molar refractivity (Wildman–Crippen MR) is 67.4 cm³/mol. The van der Waals surface area contributed by atoms with E-state index in [1.165, 1.54) is 44.9 Å². The van der Waals surface area contributed by atoms with Crippen molar-refractivity contribution in [2.75, 3.05) is 13.2 Å². The SMILES string of the molecule is CCC1CCC(NCC2(CCO)CC2)CC1. The first kappa shape index (κ1) is 12.4. The standard InChI is InChI=1S/C14H27NO/c1-2-12-3-5-13(6-4-12)15-11-14(7-8-14)9-10-16/h12-13,15-16H,2-11H2,1H3. The minimum atomic E-state index is 0.365. The summed E-state index contributed by atoms with van der Waals surface area (Å²) in [6, 6.07) is 0.763. The Hall–Kier alpha value is -0.0800. The molecule has 0 aliphatic heterocycles. The smallest absolute Gasteiger partial charge is 0.0436 e. The molecule has 0 unspecified atom stereocenters. The zero-order valence-electron chi connectivity index (χ0n) is 10.7. The first-order chi connectivity index (χ1) is 7.78. The highest BCUT2D eigenvalue weighted by atomic mass is 16.3. The molecule has 0 aromatic heterocycles. The lowest BCUT2D eigenvalue weighted by molar-refractivity contribution is 0.229. The van der Waals surface area contributed by atoms with E-state index in [0.717, 1.165) is 24.9 Å². The molecule has 2 rings (SSSR count). The molecule has 2 aliphatic rings. The topological polar surface area (TPSA) is 32.3 Å². The zero-order valence-corrected chi connectivity index (χ0v) is 10.7. The molecule has 2 saturated carbocycles. The van der Waals surface area contributed by atoms with E-state index in [9.17, 15) is 0 Å². The van der Waals surface area contributed by atoms with Crippen LogP contribution in [0.25, 0.3) is 0 Å². The average molecular weight is 225 g/mol. The molecule has 0 aromatic rings. The normalized spacial score (nSPS) is 32.6. The summed E-state index contributed by atoms with van der Waals surface area (Å²) in [5.74, 6) is 0.991.